The SMILES string of the molecule is C=C(CBr)[C@H](OCc1ccccc1)C(C)C. The van der Waals surface area contributed by atoms with E-state index in [2.05, 4.69) is 48.5 Å². The average Bonchev–Trinajstić information content (AvgIpc) is 2.30. The molecule has 0 spiro atoms. The summed E-state index contributed by atoms with van der Waals surface area (Å²) in [5.74, 6) is 0.453. The van der Waals surface area contributed by atoms with E-state index in [1.807, 2.05) is 18.2 Å². The van der Waals surface area contributed by atoms with Gasteiger partial charge in [-0.25, -0.2) is 0 Å². The first-order chi connectivity index (χ1) is 7.65. The topological polar surface area (TPSA) is 9.23 Å². The van der Waals surface area contributed by atoms with E-state index in [1.54, 1.807) is 0 Å². The van der Waals surface area contributed by atoms with Gasteiger partial charge in [0.2, 0.25) is 0 Å². The molecule has 0 saturated carbocycles. The standard InChI is InChI=1S/C14H19BrO/c1-11(2)14(12(3)9-15)16-10-13-7-5-4-6-8-13/h4-8,11,14H,3,9-10H2,1-2H3/t14-/m1/s1. The average molecular weight is 283 g/mol. The molecule has 0 amide bonds. The molecule has 16 heavy (non-hydrogen) atoms. The predicted octanol–water partition coefficient (Wildman–Crippen LogP) is 4.18. The summed E-state index contributed by atoms with van der Waals surface area (Å²) >= 11 is 3.43. The highest BCUT2D eigenvalue weighted by Crippen LogP contribution is 2.18. The van der Waals surface area contributed by atoms with Gasteiger partial charge in [-0.3, -0.25) is 0 Å². The van der Waals surface area contributed by atoms with Gasteiger partial charge in [0.15, 0.2) is 0 Å². The van der Waals surface area contributed by atoms with Gasteiger partial charge in [-0.1, -0.05) is 66.7 Å². The van der Waals surface area contributed by atoms with Crippen LogP contribution in [0.15, 0.2) is 42.5 Å². The van der Waals surface area contributed by atoms with Crippen LogP contribution in [0.5, 0.6) is 0 Å². The van der Waals surface area contributed by atoms with Gasteiger partial charge >= 0.3 is 0 Å². The molecule has 0 saturated heterocycles. The summed E-state index contributed by atoms with van der Waals surface area (Å²) in [6.07, 6.45) is 0.125. The van der Waals surface area contributed by atoms with E-state index in [1.165, 1.54) is 5.56 Å². The lowest BCUT2D eigenvalue weighted by Gasteiger charge is -2.22. The minimum absolute atomic E-state index is 0.125. The molecule has 0 N–H and O–H groups in total. The van der Waals surface area contributed by atoms with Gasteiger partial charge in [-0.15, -0.1) is 0 Å². The van der Waals surface area contributed by atoms with Crippen molar-refractivity contribution >= 4 is 15.9 Å². The molecule has 1 nitrogen and oxygen atoms in total. The second-order valence-electron chi connectivity index (χ2n) is 4.25. The monoisotopic (exact) mass is 282 g/mol. The molecule has 0 aromatic heterocycles. The Morgan fingerprint density at radius 2 is 1.94 bits per heavy atom. The second kappa shape index (κ2) is 6.87. The molecule has 0 radical (unpaired) electrons. The molecule has 88 valence electrons. The van der Waals surface area contributed by atoms with Crippen LogP contribution < -0.4 is 0 Å². The lowest BCUT2D eigenvalue weighted by Crippen LogP contribution is -2.22. The fourth-order valence-electron chi connectivity index (χ4n) is 1.62. The third kappa shape index (κ3) is 4.11. The van der Waals surface area contributed by atoms with Gasteiger partial charge in [0.1, 0.15) is 0 Å². The van der Waals surface area contributed by atoms with Crippen LogP contribution in [-0.2, 0) is 11.3 Å². The molecule has 1 atom stereocenters. The van der Waals surface area contributed by atoms with Crippen molar-refractivity contribution in [3.8, 4) is 0 Å². The molecule has 1 aromatic rings. The number of alkyl halides is 1. The van der Waals surface area contributed by atoms with Gasteiger partial charge < -0.3 is 4.74 Å². The predicted molar refractivity (Wildman–Crippen MR) is 72.8 cm³/mol. The van der Waals surface area contributed by atoms with Crippen molar-refractivity contribution in [2.45, 2.75) is 26.6 Å². The van der Waals surface area contributed by atoms with Crippen LogP contribution in [0.4, 0.5) is 0 Å². The van der Waals surface area contributed by atoms with Crippen LogP contribution in [-0.4, -0.2) is 11.4 Å². The zero-order chi connectivity index (χ0) is 12.0. The molecule has 1 aromatic carbocycles. The Bertz CT molecular complexity index is 319. The highest BCUT2D eigenvalue weighted by molar-refractivity contribution is 9.09. The summed E-state index contributed by atoms with van der Waals surface area (Å²) in [5, 5.41) is 0.796. The fraction of sp³-hybridized carbons (Fsp3) is 0.429. The molecular weight excluding hydrogens is 264 g/mol. The van der Waals surface area contributed by atoms with Crippen LogP contribution in [0, 0.1) is 5.92 Å². The summed E-state index contributed by atoms with van der Waals surface area (Å²) in [6.45, 7) is 9.00. The van der Waals surface area contributed by atoms with Gasteiger partial charge in [0.05, 0.1) is 12.7 Å². The molecule has 0 aliphatic rings. The van der Waals surface area contributed by atoms with Crippen LogP contribution in [0.2, 0.25) is 0 Å². The van der Waals surface area contributed by atoms with E-state index >= 15 is 0 Å². The van der Waals surface area contributed by atoms with Crippen molar-refractivity contribution in [3.63, 3.8) is 0 Å². The maximum absolute atomic E-state index is 5.91. The van der Waals surface area contributed by atoms with Crippen molar-refractivity contribution in [2.24, 2.45) is 5.92 Å². The van der Waals surface area contributed by atoms with E-state index in [-0.39, 0.29) is 6.10 Å². The van der Waals surface area contributed by atoms with Crippen LogP contribution >= 0.6 is 15.9 Å². The first-order valence-electron chi connectivity index (χ1n) is 5.54. The maximum atomic E-state index is 5.91. The molecule has 0 unspecified atom stereocenters. The summed E-state index contributed by atoms with van der Waals surface area (Å²) in [6, 6.07) is 10.2. The van der Waals surface area contributed by atoms with Gasteiger partial charge in [-0.05, 0) is 17.1 Å². The Morgan fingerprint density at radius 3 is 2.44 bits per heavy atom. The third-order valence-electron chi connectivity index (χ3n) is 2.45. The number of halogens is 1. The van der Waals surface area contributed by atoms with E-state index < -0.39 is 0 Å². The number of hydrogen-bond acceptors (Lipinski definition) is 1. The van der Waals surface area contributed by atoms with Crippen LogP contribution in [0.3, 0.4) is 0 Å². The van der Waals surface area contributed by atoms with Gasteiger partial charge in [-0.2, -0.15) is 0 Å². The van der Waals surface area contributed by atoms with E-state index in [0.717, 1.165) is 10.9 Å². The summed E-state index contributed by atoms with van der Waals surface area (Å²) in [4.78, 5) is 0. The van der Waals surface area contributed by atoms with Crippen molar-refractivity contribution in [1.82, 2.24) is 0 Å². The summed E-state index contributed by atoms with van der Waals surface area (Å²) in [5.41, 5.74) is 2.31. The minimum atomic E-state index is 0.125. The van der Waals surface area contributed by atoms with E-state index in [9.17, 15) is 0 Å². The van der Waals surface area contributed by atoms with E-state index in [0.29, 0.717) is 12.5 Å². The number of benzene rings is 1. The lowest BCUT2D eigenvalue weighted by atomic mass is 10.0. The number of ether oxygens (including phenoxy) is 1. The zero-order valence-electron chi connectivity index (χ0n) is 9.95. The maximum Gasteiger partial charge on any atom is 0.0817 e. The van der Waals surface area contributed by atoms with Crippen molar-refractivity contribution in [2.75, 3.05) is 5.33 Å². The summed E-state index contributed by atoms with van der Waals surface area (Å²) < 4.78 is 5.91. The number of rotatable bonds is 6. The first kappa shape index (κ1) is 13.5. The van der Waals surface area contributed by atoms with Crippen LogP contribution in [0.25, 0.3) is 0 Å². The molecule has 1 rings (SSSR count). The quantitative estimate of drug-likeness (QED) is 0.562. The normalized spacial score (nSPS) is 12.8. The Kier molecular flexibility index (Phi) is 5.78. The highest BCUT2D eigenvalue weighted by atomic mass is 79.9. The van der Waals surface area contributed by atoms with Crippen molar-refractivity contribution in [1.29, 1.82) is 0 Å². The zero-order valence-corrected chi connectivity index (χ0v) is 11.5. The molecule has 0 fully saturated rings. The Morgan fingerprint density at radius 1 is 1.31 bits per heavy atom. The Labute approximate surface area is 107 Å². The Balaban J connectivity index is 2.54. The highest BCUT2D eigenvalue weighted by Gasteiger charge is 2.16. The third-order valence-corrected chi connectivity index (χ3v) is 3.17. The second-order valence-corrected chi connectivity index (χ2v) is 4.81. The smallest absolute Gasteiger partial charge is 0.0817 e. The molecule has 2 heteroatoms. The molecular formula is C14H19BrO. The van der Waals surface area contributed by atoms with E-state index in [4.69, 9.17) is 4.74 Å². The Hall–Kier alpha value is -0.600. The molecule has 0 aliphatic heterocycles. The summed E-state index contributed by atoms with van der Waals surface area (Å²) in [7, 11) is 0. The van der Waals surface area contributed by atoms with Crippen molar-refractivity contribution < 1.29 is 4.74 Å². The largest absolute Gasteiger partial charge is 0.369 e. The molecule has 0 bridgehead atoms. The lowest BCUT2D eigenvalue weighted by molar-refractivity contribution is 0.0359. The van der Waals surface area contributed by atoms with Crippen LogP contribution in [0.1, 0.15) is 19.4 Å². The number of hydrogen-bond donors (Lipinski definition) is 0. The minimum Gasteiger partial charge on any atom is -0.369 e. The van der Waals surface area contributed by atoms with Gasteiger partial charge in [0.25, 0.3) is 0 Å². The van der Waals surface area contributed by atoms with Gasteiger partial charge in [0, 0.05) is 5.33 Å². The molecule has 0 heterocycles. The molecule has 0 aliphatic carbocycles. The first-order valence-corrected chi connectivity index (χ1v) is 6.66. The fourth-order valence-corrected chi connectivity index (χ4v) is 1.94. The van der Waals surface area contributed by atoms with Crippen molar-refractivity contribution in [3.05, 3.63) is 48.0 Å².